The average molecular weight is 268 g/mol. The van der Waals surface area contributed by atoms with E-state index in [1.807, 2.05) is 19.1 Å². The highest BCUT2D eigenvalue weighted by Crippen LogP contribution is 2.63. The third-order valence-corrected chi connectivity index (χ3v) is 5.95. The normalized spacial score (nSPS) is 34.0. The van der Waals surface area contributed by atoms with Gasteiger partial charge in [0.25, 0.3) is 0 Å². The molecule has 3 rings (SSSR count). The van der Waals surface area contributed by atoms with Crippen LogP contribution in [0.25, 0.3) is 0 Å². The first kappa shape index (κ1) is 13.5. The lowest BCUT2D eigenvalue weighted by molar-refractivity contribution is 0.155. The van der Waals surface area contributed by atoms with Crippen LogP contribution in [0.3, 0.4) is 0 Å². The van der Waals surface area contributed by atoms with E-state index in [1.54, 1.807) is 0 Å². The Labute approximate surface area is 122 Å². The van der Waals surface area contributed by atoms with E-state index in [1.165, 1.54) is 19.3 Å². The summed E-state index contributed by atoms with van der Waals surface area (Å²) >= 11 is 0. The number of anilines is 1. The lowest BCUT2D eigenvalue weighted by atomic mass is 9.68. The molecule has 1 unspecified atom stereocenters. The first-order chi connectivity index (χ1) is 9.38. The predicted molar refractivity (Wildman–Crippen MR) is 82.5 cm³/mol. The van der Waals surface area contributed by atoms with Crippen LogP contribution in [-0.4, -0.2) is 6.04 Å². The van der Waals surface area contributed by atoms with Crippen LogP contribution in [0, 0.1) is 35.0 Å². The van der Waals surface area contributed by atoms with Gasteiger partial charge in [-0.05, 0) is 54.6 Å². The van der Waals surface area contributed by atoms with E-state index in [-0.39, 0.29) is 0 Å². The molecule has 2 saturated carbocycles. The van der Waals surface area contributed by atoms with Crippen molar-refractivity contribution in [3.8, 4) is 6.07 Å². The summed E-state index contributed by atoms with van der Waals surface area (Å²) in [5.41, 5.74) is 3.56. The molecule has 2 heteroatoms. The molecule has 0 saturated heterocycles. The first-order valence-electron chi connectivity index (χ1n) is 7.65. The first-order valence-corrected chi connectivity index (χ1v) is 7.65. The molecule has 2 fully saturated rings. The minimum Gasteiger partial charge on any atom is -0.380 e. The maximum Gasteiger partial charge on any atom is 0.102 e. The number of nitrogens with one attached hydrogen (secondary N) is 1. The van der Waals surface area contributed by atoms with Gasteiger partial charge in [0.05, 0.1) is 11.3 Å². The maximum absolute atomic E-state index is 9.41. The zero-order valence-electron chi connectivity index (χ0n) is 13.0. The molecular weight excluding hydrogens is 244 g/mol. The van der Waals surface area contributed by atoms with Crippen molar-refractivity contribution in [3.05, 3.63) is 29.3 Å². The van der Waals surface area contributed by atoms with Crippen LogP contribution < -0.4 is 5.32 Å². The lowest BCUT2D eigenvalue weighted by Gasteiger charge is -2.43. The maximum atomic E-state index is 9.41. The molecule has 0 aliphatic heterocycles. The Kier molecular flexibility index (Phi) is 2.87. The quantitative estimate of drug-likeness (QED) is 0.857. The summed E-state index contributed by atoms with van der Waals surface area (Å²) in [6, 6.07) is 8.93. The van der Waals surface area contributed by atoms with Crippen molar-refractivity contribution in [2.24, 2.45) is 16.7 Å². The smallest absolute Gasteiger partial charge is 0.102 e. The van der Waals surface area contributed by atoms with E-state index in [0.717, 1.165) is 22.7 Å². The summed E-state index contributed by atoms with van der Waals surface area (Å²) in [5.74, 6) is 0.820. The highest BCUT2D eigenvalue weighted by Gasteiger charge is 2.59. The Bertz CT molecular complexity index is 577. The lowest BCUT2D eigenvalue weighted by Crippen LogP contribution is -2.45. The summed E-state index contributed by atoms with van der Waals surface area (Å²) in [4.78, 5) is 0. The van der Waals surface area contributed by atoms with Crippen LogP contribution in [-0.2, 0) is 0 Å². The van der Waals surface area contributed by atoms with Gasteiger partial charge in [0.15, 0.2) is 0 Å². The molecule has 1 aromatic carbocycles. The Morgan fingerprint density at radius 3 is 2.65 bits per heavy atom. The second kappa shape index (κ2) is 4.25. The van der Waals surface area contributed by atoms with E-state index >= 15 is 0 Å². The van der Waals surface area contributed by atoms with E-state index in [2.05, 4.69) is 38.2 Å². The Morgan fingerprint density at radius 1 is 1.30 bits per heavy atom. The summed E-state index contributed by atoms with van der Waals surface area (Å²) < 4.78 is 0. The number of hydrogen-bond donors (Lipinski definition) is 1. The third kappa shape index (κ3) is 1.76. The monoisotopic (exact) mass is 268 g/mol. The van der Waals surface area contributed by atoms with Gasteiger partial charge in [-0.3, -0.25) is 0 Å². The fourth-order valence-corrected chi connectivity index (χ4v) is 4.75. The van der Waals surface area contributed by atoms with Gasteiger partial charge in [-0.1, -0.05) is 32.9 Å². The van der Waals surface area contributed by atoms with E-state index in [4.69, 9.17) is 0 Å². The molecule has 2 aliphatic rings. The highest BCUT2D eigenvalue weighted by molar-refractivity contribution is 5.61. The molecule has 1 aromatic rings. The SMILES string of the molecule is Cc1cccc(NC2C(C)(C)[C@H]3CC[C@]2(C)C3)c1C#N. The van der Waals surface area contributed by atoms with Crippen molar-refractivity contribution in [1.82, 2.24) is 0 Å². The topological polar surface area (TPSA) is 35.8 Å². The minimum atomic E-state index is 0.309. The molecule has 3 atom stereocenters. The fraction of sp³-hybridized carbons (Fsp3) is 0.611. The largest absolute Gasteiger partial charge is 0.380 e. The standard InChI is InChI=1S/C18H24N2/c1-12-6-5-7-15(14(12)11-19)20-16-17(2,3)13-8-9-18(16,4)10-13/h5-7,13,16,20H,8-10H2,1-4H3/t13-,16?,18+/m0/s1. The molecule has 2 nitrogen and oxygen atoms in total. The van der Waals surface area contributed by atoms with Crippen LogP contribution in [0.2, 0.25) is 0 Å². The van der Waals surface area contributed by atoms with Crippen molar-refractivity contribution < 1.29 is 0 Å². The fourth-order valence-electron chi connectivity index (χ4n) is 4.75. The van der Waals surface area contributed by atoms with Crippen molar-refractivity contribution in [1.29, 1.82) is 5.26 Å². The summed E-state index contributed by atoms with van der Waals surface area (Å²) in [5, 5.41) is 13.2. The number of hydrogen-bond acceptors (Lipinski definition) is 2. The van der Waals surface area contributed by atoms with Gasteiger partial charge in [-0.15, -0.1) is 0 Å². The van der Waals surface area contributed by atoms with E-state index in [0.29, 0.717) is 16.9 Å². The number of benzene rings is 1. The van der Waals surface area contributed by atoms with Gasteiger partial charge in [0.2, 0.25) is 0 Å². The van der Waals surface area contributed by atoms with Gasteiger partial charge >= 0.3 is 0 Å². The Balaban J connectivity index is 1.96. The van der Waals surface area contributed by atoms with Gasteiger partial charge in [0.1, 0.15) is 6.07 Å². The van der Waals surface area contributed by atoms with Gasteiger partial charge < -0.3 is 5.32 Å². The number of aryl methyl sites for hydroxylation is 1. The van der Waals surface area contributed by atoms with Crippen LogP contribution in [0.5, 0.6) is 0 Å². The molecule has 0 spiro atoms. The molecule has 106 valence electrons. The summed E-state index contributed by atoms with van der Waals surface area (Å²) in [6.45, 7) is 9.21. The molecule has 2 bridgehead atoms. The molecule has 0 amide bonds. The second-order valence-corrected chi connectivity index (χ2v) is 7.60. The third-order valence-electron chi connectivity index (χ3n) is 5.95. The van der Waals surface area contributed by atoms with E-state index in [9.17, 15) is 5.26 Å². The average Bonchev–Trinajstić information content (AvgIpc) is 2.86. The predicted octanol–water partition coefficient (Wildman–Crippen LogP) is 4.49. The molecule has 0 radical (unpaired) electrons. The number of nitrogens with zero attached hydrogens (tertiary/aromatic N) is 1. The zero-order valence-corrected chi connectivity index (χ0v) is 13.0. The highest BCUT2D eigenvalue weighted by atomic mass is 15.0. The van der Waals surface area contributed by atoms with E-state index < -0.39 is 0 Å². The Morgan fingerprint density at radius 2 is 2.05 bits per heavy atom. The summed E-state index contributed by atoms with van der Waals surface area (Å²) in [6.07, 6.45) is 4.00. The van der Waals surface area contributed by atoms with Gasteiger partial charge in [0, 0.05) is 6.04 Å². The van der Waals surface area contributed by atoms with Crippen LogP contribution in [0.1, 0.15) is 51.2 Å². The van der Waals surface area contributed by atoms with Gasteiger partial charge in [-0.25, -0.2) is 0 Å². The number of nitriles is 1. The molecule has 2 aliphatic carbocycles. The molecule has 1 N–H and O–H groups in total. The molecule has 20 heavy (non-hydrogen) atoms. The molecular formula is C18H24N2. The van der Waals surface area contributed by atoms with Crippen molar-refractivity contribution in [2.75, 3.05) is 5.32 Å². The van der Waals surface area contributed by atoms with Crippen molar-refractivity contribution >= 4 is 5.69 Å². The molecule has 0 heterocycles. The zero-order chi connectivity index (χ0) is 14.5. The number of rotatable bonds is 2. The van der Waals surface area contributed by atoms with Crippen LogP contribution >= 0.6 is 0 Å². The second-order valence-electron chi connectivity index (χ2n) is 7.60. The van der Waals surface area contributed by atoms with Crippen molar-refractivity contribution in [2.45, 2.75) is 53.0 Å². The minimum absolute atomic E-state index is 0.309. The van der Waals surface area contributed by atoms with Crippen molar-refractivity contribution in [3.63, 3.8) is 0 Å². The van der Waals surface area contributed by atoms with Crippen LogP contribution in [0.15, 0.2) is 18.2 Å². The Hall–Kier alpha value is -1.49. The van der Waals surface area contributed by atoms with Crippen LogP contribution in [0.4, 0.5) is 5.69 Å². The summed E-state index contributed by atoms with van der Waals surface area (Å²) in [7, 11) is 0. The van der Waals surface area contributed by atoms with Gasteiger partial charge in [-0.2, -0.15) is 5.26 Å². The number of fused-ring (bicyclic) bond motifs is 2. The molecule has 0 aromatic heterocycles.